The van der Waals surface area contributed by atoms with Crippen molar-refractivity contribution in [2.24, 2.45) is 5.92 Å². The van der Waals surface area contributed by atoms with Gasteiger partial charge < -0.3 is 10.4 Å². The molecule has 3 unspecified atom stereocenters. The van der Waals surface area contributed by atoms with Gasteiger partial charge in [-0.15, -0.1) is 6.58 Å². The van der Waals surface area contributed by atoms with Gasteiger partial charge in [0.15, 0.2) is 0 Å². The van der Waals surface area contributed by atoms with Gasteiger partial charge in [0.05, 0.1) is 0 Å². The Morgan fingerprint density at radius 3 is 2.61 bits per heavy atom. The minimum atomic E-state index is -0.208. The highest BCUT2D eigenvalue weighted by Crippen LogP contribution is 2.22. The molecule has 3 heteroatoms. The highest BCUT2D eigenvalue weighted by atomic mass is 19.1. The lowest BCUT2D eigenvalue weighted by Gasteiger charge is -2.26. The highest BCUT2D eigenvalue weighted by molar-refractivity contribution is 5.22. The number of benzene rings is 1. The summed E-state index contributed by atoms with van der Waals surface area (Å²) >= 11 is 0. The molecule has 1 rings (SSSR count). The van der Waals surface area contributed by atoms with E-state index in [0.29, 0.717) is 12.0 Å². The molecule has 0 saturated carbocycles. The van der Waals surface area contributed by atoms with E-state index < -0.39 is 0 Å². The fourth-order valence-corrected chi connectivity index (χ4v) is 1.85. The third kappa shape index (κ3) is 3.93. The molecule has 2 N–H and O–H groups in total. The molecule has 0 aromatic heterocycles. The van der Waals surface area contributed by atoms with Crippen LogP contribution in [0, 0.1) is 11.7 Å². The van der Waals surface area contributed by atoms with Gasteiger partial charge in [-0.1, -0.05) is 31.2 Å². The second kappa shape index (κ2) is 7.29. The Labute approximate surface area is 109 Å². The van der Waals surface area contributed by atoms with E-state index >= 15 is 0 Å². The molecule has 18 heavy (non-hydrogen) atoms. The van der Waals surface area contributed by atoms with Crippen molar-refractivity contribution in [3.05, 3.63) is 48.3 Å². The predicted molar refractivity (Wildman–Crippen MR) is 72.8 cm³/mol. The van der Waals surface area contributed by atoms with Gasteiger partial charge in [0.2, 0.25) is 0 Å². The molecule has 0 aliphatic rings. The van der Waals surface area contributed by atoms with Gasteiger partial charge in [-0.2, -0.15) is 0 Å². The third-order valence-electron chi connectivity index (χ3n) is 3.29. The fourth-order valence-electron chi connectivity index (χ4n) is 1.85. The average molecular weight is 251 g/mol. The minimum absolute atomic E-state index is 0.104. The molecular weight excluding hydrogens is 229 g/mol. The van der Waals surface area contributed by atoms with Crippen LogP contribution in [0.4, 0.5) is 4.39 Å². The van der Waals surface area contributed by atoms with Gasteiger partial charge in [-0.05, 0) is 25.3 Å². The minimum Gasteiger partial charge on any atom is -0.396 e. The molecule has 0 spiro atoms. The largest absolute Gasteiger partial charge is 0.396 e. The van der Waals surface area contributed by atoms with E-state index in [-0.39, 0.29) is 30.4 Å². The van der Waals surface area contributed by atoms with Crippen molar-refractivity contribution in [1.82, 2.24) is 5.32 Å². The molecular formula is C15H22FNO. The normalized spacial score (nSPS) is 16.0. The van der Waals surface area contributed by atoms with Gasteiger partial charge in [-0.3, -0.25) is 0 Å². The van der Waals surface area contributed by atoms with Crippen LogP contribution >= 0.6 is 0 Å². The zero-order valence-electron chi connectivity index (χ0n) is 11.1. The predicted octanol–water partition coefficient (Wildman–Crippen LogP) is 3.05. The Kier molecular flexibility index (Phi) is 6.02. The van der Waals surface area contributed by atoms with Crippen LogP contribution in [0.3, 0.4) is 0 Å². The Morgan fingerprint density at radius 1 is 1.39 bits per heavy atom. The molecule has 0 amide bonds. The number of halogens is 1. The van der Waals surface area contributed by atoms with E-state index in [0.717, 1.165) is 0 Å². The Morgan fingerprint density at radius 2 is 2.06 bits per heavy atom. The molecule has 3 atom stereocenters. The first kappa shape index (κ1) is 14.9. The first-order valence-electron chi connectivity index (χ1n) is 6.32. The average Bonchev–Trinajstić information content (AvgIpc) is 2.37. The number of hydrogen-bond acceptors (Lipinski definition) is 2. The maximum atomic E-state index is 13.8. The van der Waals surface area contributed by atoms with E-state index in [1.165, 1.54) is 6.07 Å². The summed E-state index contributed by atoms with van der Waals surface area (Å²) in [6, 6.07) is 6.77. The number of rotatable bonds is 7. The summed E-state index contributed by atoms with van der Waals surface area (Å²) in [6.45, 7) is 7.79. The van der Waals surface area contributed by atoms with E-state index in [9.17, 15) is 4.39 Å². The lowest BCUT2D eigenvalue weighted by molar-refractivity contribution is 0.200. The van der Waals surface area contributed by atoms with Crippen LogP contribution in [-0.4, -0.2) is 17.8 Å². The molecule has 1 aromatic rings. The molecule has 2 nitrogen and oxygen atoms in total. The molecule has 0 aliphatic carbocycles. The van der Waals surface area contributed by atoms with Gasteiger partial charge in [0.25, 0.3) is 0 Å². The monoisotopic (exact) mass is 251 g/mol. The molecule has 0 aliphatic heterocycles. The summed E-state index contributed by atoms with van der Waals surface area (Å²) in [5.41, 5.74) is 0.648. The summed E-state index contributed by atoms with van der Waals surface area (Å²) in [7, 11) is 0. The van der Waals surface area contributed by atoms with Gasteiger partial charge in [-0.25, -0.2) is 4.39 Å². The topological polar surface area (TPSA) is 32.3 Å². The number of aliphatic hydroxyl groups is 1. The van der Waals surface area contributed by atoms with E-state index in [4.69, 9.17) is 5.11 Å². The standard InChI is InChI=1S/C15H22FNO/c1-4-7-15(17-12(3)11(2)10-18)13-8-5-6-9-14(13)16/h4-6,8-9,11-12,15,17-18H,1,7,10H2,2-3H3. The van der Waals surface area contributed by atoms with Crippen LogP contribution < -0.4 is 5.32 Å². The summed E-state index contributed by atoms with van der Waals surface area (Å²) in [4.78, 5) is 0. The molecule has 1 aromatic carbocycles. The van der Waals surface area contributed by atoms with Crippen LogP contribution in [0.25, 0.3) is 0 Å². The van der Waals surface area contributed by atoms with Crippen molar-refractivity contribution in [3.63, 3.8) is 0 Å². The van der Waals surface area contributed by atoms with Gasteiger partial charge in [0.1, 0.15) is 5.82 Å². The van der Waals surface area contributed by atoms with E-state index in [1.807, 2.05) is 19.9 Å². The molecule has 0 saturated heterocycles. The van der Waals surface area contributed by atoms with Gasteiger partial charge in [0, 0.05) is 24.3 Å². The van der Waals surface area contributed by atoms with Crippen LogP contribution in [0.1, 0.15) is 31.9 Å². The maximum absolute atomic E-state index is 13.8. The first-order chi connectivity index (χ1) is 8.60. The summed E-state index contributed by atoms with van der Waals surface area (Å²) in [5, 5.41) is 12.5. The zero-order chi connectivity index (χ0) is 13.5. The molecule has 100 valence electrons. The zero-order valence-corrected chi connectivity index (χ0v) is 11.1. The first-order valence-corrected chi connectivity index (χ1v) is 6.32. The van der Waals surface area contributed by atoms with E-state index in [2.05, 4.69) is 11.9 Å². The Bertz CT molecular complexity index is 381. The van der Waals surface area contributed by atoms with Crippen molar-refractivity contribution in [2.45, 2.75) is 32.4 Å². The summed E-state index contributed by atoms with van der Waals surface area (Å²) in [5.74, 6) is -0.0789. The Balaban J connectivity index is 2.83. The third-order valence-corrected chi connectivity index (χ3v) is 3.29. The van der Waals surface area contributed by atoms with Crippen molar-refractivity contribution >= 4 is 0 Å². The molecule has 0 radical (unpaired) electrons. The van der Waals surface area contributed by atoms with Crippen LogP contribution in [0.2, 0.25) is 0 Å². The SMILES string of the molecule is C=CCC(NC(C)C(C)CO)c1ccccc1F. The second-order valence-corrected chi connectivity index (χ2v) is 4.71. The van der Waals surface area contributed by atoms with Crippen LogP contribution in [0.5, 0.6) is 0 Å². The van der Waals surface area contributed by atoms with Crippen molar-refractivity contribution < 1.29 is 9.50 Å². The number of aliphatic hydroxyl groups excluding tert-OH is 1. The van der Waals surface area contributed by atoms with Crippen LogP contribution in [0.15, 0.2) is 36.9 Å². The van der Waals surface area contributed by atoms with Crippen molar-refractivity contribution in [2.75, 3.05) is 6.61 Å². The molecule has 0 heterocycles. The number of hydrogen-bond donors (Lipinski definition) is 2. The lowest BCUT2D eigenvalue weighted by Crippen LogP contribution is -2.37. The maximum Gasteiger partial charge on any atom is 0.127 e. The van der Waals surface area contributed by atoms with Crippen LogP contribution in [-0.2, 0) is 0 Å². The quantitative estimate of drug-likeness (QED) is 0.730. The number of nitrogens with one attached hydrogen (secondary N) is 1. The van der Waals surface area contributed by atoms with Gasteiger partial charge >= 0.3 is 0 Å². The second-order valence-electron chi connectivity index (χ2n) is 4.71. The van der Waals surface area contributed by atoms with Crippen molar-refractivity contribution in [1.29, 1.82) is 0 Å². The fraction of sp³-hybridized carbons (Fsp3) is 0.467. The molecule has 0 bridgehead atoms. The van der Waals surface area contributed by atoms with E-state index in [1.54, 1.807) is 18.2 Å². The summed E-state index contributed by atoms with van der Waals surface area (Å²) < 4.78 is 13.8. The smallest absolute Gasteiger partial charge is 0.127 e. The highest BCUT2D eigenvalue weighted by Gasteiger charge is 2.19. The van der Waals surface area contributed by atoms with Crippen molar-refractivity contribution in [3.8, 4) is 0 Å². The Hall–Kier alpha value is -1.19. The molecule has 0 fully saturated rings. The summed E-state index contributed by atoms with van der Waals surface area (Å²) in [6.07, 6.45) is 2.43. The lowest BCUT2D eigenvalue weighted by atomic mass is 9.98.